The van der Waals surface area contributed by atoms with Gasteiger partial charge in [-0.05, 0) is 62.4 Å². The lowest BCUT2D eigenvalue weighted by Gasteiger charge is -2.22. The van der Waals surface area contributed by atoms with Crippen molar-refractivity contribution in [3.05, 3.63) is 28.2 Å². The van der Waals surface area contributed by atoms with E-state index in [1.165, 1.54) is 37.9 Å². The summed E-state index contributed by atoms with van der Waals surface area (Å²) in [4.78, 5) is 2.58. The smallest absolute Gasteiger partial charge is 0.123 e. The lowest BCUT2D eigenvalue weighted by Crippen LogP contribution is -2.24. The molecule has 112 valence electrons. The quantitative estimate of drug-likeness (QED) is 0.787. The van der Waals surface area contributed by atoms with E-state index in [0.717, 1.165) is 28.6 Å². The van der Waals surface area contributed by atoms with Crippen LogP contribution in [-0.4, -0.2) is 25.1 Å². The summed E-state index contributed by atoms with van der Waals surface area (Å²) in [6.07, 6.45) is 4.02. The van der Waals surface area contributed by atoms with Crippen LogP contribution in [-0.2, 0) is 6.54 Å². The predicted octanol–water partition coefficient (Wildman–Crippen LogP) is 4.72. The predicted molar refractivity (Wildman–Crippen MR) is 88.2 cm³/mol. The maximum Gasteiger partial charge on any atom is 0.123 e. The van der Waals surface area contributed by atoms with Crippen LogP contribution in [0.5, 0.6) is 5.75 Å². The van der Waals surface area contributed by atoms with Gasteiger partial charge >= 0.3 is 0 Å². The topological polar surface area (TPSA) is 12.5 Å². The first-order valence-corrected chi connectivity index (χ1v) is 8.44. The van der Waals surface area contributed by atoms with E-state index in [9.17, 15) is 0 Å². The molecule has 0 aliphatic carbocycles. The minimum atomic E-state index is 0.815. The van der Waals surface area contributed by atoms with Crippen molar-refractivity contribution in [2.24, 2.45) is 11.8 Å². The number of hydrogen-bond donors (Lipinski definition) is 0. The second-order valence-electron chi connectivity index (χ2n) is 6.17. The molecular weight excluding hydrogens is 314 g/mol. The molecule has 1 atom stereocenters. The molecule has 1 unspecified atom stereocenters. The van der Waals surface area contributed by atoms with Crippen LogP contribution in [0.4, 0.5) is 0 Å². The van der Waals surface area contributed by atoms with Crippen molar-refractivity contribution in [2.75, 3.05) is 20.2 Å². The molecule has 1 aromatic carbocycles. The zero-order valence-corrected chi connectivity index (χ0v) is 14.4. The van der Waals surface area contributed by atoms with Crippen LogP contribution in [0.3, 0.4) is 0 Å². The molecule has 0 saturated carbocycles. The van der Waals surface area contributed by atoms with Crippen molar-refractivity contribution < 1.29 is 4.74 Å². The molecule has 2 rings (SSSR count). The van der Waals surface area contributed by atoms with Crippen molar-refractivity contribution >= 4 is 15.9 Å². The summed E-state index contributed by atoms with van der Waals surface area (Å²) < 4.78 is 6.61. The number of hydrogen-bond acceptors (Lipinski definition) is 2. The summed E-state index contributed by atoms with van der Waals surface area (Å²) in [6, 6.07) is 6.28. The molecule has 1 aliphatic heterocycles. The maximum atomic E-state index is 5.48. The van der Waals surface area contributed by atoms with Gasteiger partial charge in [0.2, 0.25) is 0 Å². The number of benzene rings is 1. The number of halogens is 1. The Labute approximate surface area is 131 Å². The molecule has 1 fully saturated rings. The minimum absolute atomic E-state index is 0.815. The number of methoxy groups -OCH3 is 1. The van der Waals surface area contributed by atoms with Gasteiger partial charge in [-0.1, -0.05) is 29.8 Å². The van der Waals surface area contributed by atoms with Crippen LogP contribution < -0.4 is 4.74 Å². The first-order valence-electron chi connectivity index (χ1n) is 7.65. The van der Waals surface area contributed by atoms with Crippen molar-refractivity contribution in [1.82, 2.24) is 4.90 Å². The zero-order valence-electron chi connectivity index (χ0n) is 12.9. The van der Waals surface area contributed by atoms with Gasteiger partial charge in [0, 0.05) is 16.6 Å². The molecule has 20 heavy (non-hydrogen) atoms. The normalized spacial score (nSPS) is 20.9. The Balaban J connectivity index is 2.01. The Morgan fingerprint density at radius 1 is 1.30 bits per heavy atom. The van der Waals surface area contributed by atoms with E-state index in [0.29, 0.717) is 0 Å². The summed E-state index contributed by atoms with van der Waals surface area (Å²) in [7, 11) is 1.75. The summed E-state index contributed by atoms with van der Waals surface area (Å²) in [6.45, 7) is 8.13. The first-order chi connectivity index (χ1) is 9.60. The zero-order chi connectivity index (χ0) is 14.5. The van der Waals surface area contributed by atoms with Gasteiger partial charge in [-0.25, -0.2) is 0 Å². The van der Waals surface area contributed by atoms with Gasteiger partial charge in [0.15, 0.2) is 0 Å². The Hall–Kier alpha value is -0.540. The summed E-state index contributed by atoms with van der Waals surface area (Å²) in [5, 5.41) is 0. The van der Waals surface area contributed by atoms with Gasteiger partial charge in [-0.3, -0.25) is 4.90 Å². The largest absolute Gasteiger partial charge is 0.496 e. The number of likely N-dealkylation sites (tertiary alicyclic amines) is 1. The van der Waals surface area contributed by atoms with Crippen molar-refractivity contribution in [3.63, 3.8) is 0 Å². The highest BCUT2D eigenvalue weighted by Crippen LogP contribution is 2.28. The van der Waals surface area contributed by atoms with E-state index in [1.54, 1.807) is 7.11 Å². The van der Waals surface area contributed by atoms with E-state index in [1.807, 2.05) is 12.1 Å². The molecular formula is C17H26BrNO. The van der Waals surface area contributed by atoms with E-state index in [-0.39, 0.29) is 0 Å². The third-order valence-corrected chi connectivity index (χ3v) is 4.94. The highest BCUT2D eigenvalue weighted by Gasteiger charge is 2.20. The average Bonchev–Trinajstić information content (AvgIpc) is 2.65. The van der Waals surface area contributed by atoms with Gasteiger partial charge in [0.1, 0.15) is 5.75 Å². The Morgan fingerprint density at radius 2 is 2.10 bits per heavy atom. The van der Waals surface area contributed by atoms with Crippen molar-refractivity contribution in [3.8, 4) is 5.75 Å². The second kappa shape index (κ2) is 7.46. The summed E-state index contributed by atoms with van der Waals surface area (Å²) in [5.41, 5.74) is 1.28. The molecule has 0 N–H and O–H groups in total. The number of rotatable bonds is 4. The lowest BCUT2D eigenvalue weighted by atomic mass is 9.89. The van der Waals surface area contributed by atoms with Crippen LogP contribution >= 0.6 is 15.9 Å². The summed E-state index contributed by atoms with van der Waals surface area (Å²) in [5.74, 6) is 2.71. The van der Waals surface area contributed by atoms with Crippen LogP contribution in [0.15, 0.2) is 22.7 Å². The Morgan fingerprint density at radius 3 is 2.80 bits per heavy atom. The third kappa shape index (κ3) is 4.23. The lowest BCUT2D eigenvalue weighted by molar-refractivity contribution is 0.260. The molecule has 0 radical (unpaired) electrons. The minimum Gasteiger partial charge on any atom is -0.496 e. The molecule has 0 aromatic heterocycles. The molecule has 2 nitrogen and oxygen atoms in total. The van der Waals surface area contributed by atoms with E-state index in [4.69, 9.17) is 4.74 Å². The van der Waals surface area contributed by atoms with Gasteiger partial charge in [-0.2, -0.15) is 0 Å². The van der Waals surface area contributed by atoms with Crippen LogP contribution in [0.25, 0.3) is 0 Å². The molecule has 1 aromatic rings. The average molecular weight is 340 g/mol. The molecule has 1 heterocycles. The SMILES string of the molecule is COc1ccc(Br)cc1CN1CCCC(C(C)C)CC1. The van der Waals surface area contributed by atoms with E-state index in [2.05, 4.69) is 40.7 Å². The Kier molecular flexibility index (Phi) is 5.91. The van der Waals surface area contributed by atoms with Crippen molar-refractivity contribution in [1.29, 1.82) is 0 Å². The van der Waals surface area contributed by atoms with Crippen LogP contribution in [0.1, 0.15) is 38.7 Å². The van der Waals surface area contributed by atoms with Gasteiger partial charge in [-0.15, -0.1) is 0 Å². The fraction of sp³-hybridized carbons (Fsp3) is 0.647. The first kappa shape index (κ1) is 15.8. The molecule has 1 saturated heterocycles. The summed E-state index contributed by atoms with van der Waals surface area (Å²) >= 11 is 3.56. The number of nitrogens with zero attached hydrogens (tertiary/aromatic N) is 1. The van der Waals surface area contributed by atoms with Gasteiger partial charge in [0.25, 0.3) is 0 Å². The highest BCUT2D eigenvalue weighted by molar-refractivity contribution is 9.10. The molecule has 1 aliphatic rings. The molecule has 0 bridgehead atoms. The molecule has 0 amide bonds. The van der Waals surface area contributed by atoms with Gasteiger partial charge < -0.3 is 4.74 Å². The van der Waals surface area contributed by atoms with Gasteiger partial charge in [0.05, 0.1) is 7.11 Å². The van der Waals surface area contributed by atoms with Crippen LogP contribution in [0.2, 0.25) is 0 Å². The standard InChI is InChI=1S/C17H26BrNO/c1-13(2)14-5-4-9-19(10-8-14)12-15-11-16(18)6-7-17(15)20-3/h6-7,11,13-14H,4-5,8-10,12H2,1-3H3. The Bertz CT molecular complexity index is 433. The third-order valence-electron chi connectivity index (χ3n) is 4.44. The van der Waals surface area contributed by atoms with Crippen LogP contribution in [0, 0.1) is 11.8 Å². The van der Waals surface area contributed by atoms with Crippen molar-refractivity contribution in [2.45, 2.75) is 39.7 Å². The number of ether oxygens (including phenoxy) is 1. The highest BCUT2D eigenvalue weighted by atomic mass is 79.9. The van der Waals surface area contributed by atoms with E-state index < -0.39 is 0 Å². The van der Waals surface area contributed by atoms with E-state index >= 15 is 0 Å². The fourth-order valence-electron chi connectivity index (χ4n) is 3.12. The monoisotopic (exact) mass is 339 g/mol. The fourth-order valence-corrected chi connectivity index (χ4v) is 3.53. The molecule has 3 heteroatoms. The maximum absolute atomic E-state index is 5.48. The second-order valence-corrected chi connectivity index (χ2v) is 7.08. The molecule has 0 spiro atoms.